The summed E-state index contributed by atoms with van der Waals surface area (Å²) in [6, 6.07) is 9.89. The molecule has 0 aromatic heterocycles. The van der Waals surface area contributed by atoms with Crippen molar-refractivity contribution in [3.8, 4) is 17.2 Å². The van der Waals surface area contributed by atoms with Crippen LogP contribution in [0, 0.1) is 0 Å². The molecule has 1 aliphatic heterocycles. The summed E-state index contributed by atoms with van der Waals surface area (Å²) >= 11 is 0. The average molecular weight is 469 g/mol. The van der Waals surface area contributed by atoms with Crippen molar-refractivity contribution in [1.82, 2.24) is 0 Å². The SMILES string of the molecule is O=S(=O)([O-])Oc1cc(/C=C\c2ccc(O)cc2)cc(O[C@@H]2O[C@H](CO)[C@@H](O)[C@H](O)[C@H]2O)c1. The Labute approximate surface area is 183 Å². The molecule has 11 nitrogen and oxygen atoms in total. The largest absolute Gasteiger partial charge is 0.716 e. The zero-order valence-corrected chi connectivity index (χ0v) is 17.2. The Hall–Kier alpha value is -2.71. The molecule has 1 saturated heterocycles. The van der Waals surface area contributed by atoms with Gasteiger partial charge in [-0.1, -0.05) is 24.3 Å². The van der Waals surface area contributed by atoms with Gasteiger partial charge in [0, 0.05) is 6.07 Å². The number of phenolic OH excluding ortho intramolecular Hbond substituents is 1. The highest BCUT2D eigenvalue weighted by Gasteiger charge is 2.44. The lowest BCUT2D eigenvalue weighted by molar-refractivity contribution is -0.277. The topological polar surface area (TPSA) is 186 Å². The van der Waals surface area contributed by atoms with E-state index in [1.54, 1.807) is 18.2 Å². The van der Waals surface area contributed by atoms with E-state index >= 15 is 0 Å². The van der Waals surface area contributed by atoms with Gasteiger partial charge in [0.1, 0.15) is 41.7 Å². The van der Waals surface area contributed by atoms with Crippen molar-refractivity contribution in [2.75, 3.05) is 6.61 Å². The molecule has 0 saturated carbocycles. The molecule has 0 unspecified atom stereocenters. The van der Waals surface area contributed by atoms with Crippen molar-refractivity contribution in [2.45, 2.75) is 30.7 Å². The van der Waals surface area contributed by atoms with Crippen LogP contribution in [-0.2, 0) is 15.1 Å². The molecule has 2 aromatic rings. The molecule has 3 rings (SSSR count). The second-order valence-corrected chi connectivity index (χ2v) is 7.95. The third kappa shape index (κ3) is 6.17. The van der Waals surface area contributed by atoms with Gasteiger partial charge in [-0.05, 0) is 35.4 Å². The summed E-state index contributed by atoms with van der Waals surface area (Å²) in [6.45, 7) is -0.664. The second-order valence-electron chi connectivity index (χ2n) is 6.97. The normalized spacial score (nSPS) is 26.2. The first-order valence-electron chi connectivity index (χ1n) is 9.30. The van der Waals surface area contributed by atoms with E-state index in [1.165, 1.54) is 30.3 Å². The van der Waals surface area contributed by atoms with Crippen molar-refractivity contribution in [1.29, 1.82) is 0 Å². The van der Waals surface area contributed by atoms with Crippen LogP contribution in [0.4, 0.5) is 0 Å². The fourth-order valence-corrected chi connectivity index (χ4v) is 3.33. The monoisotopic (exact) mass is 469 g/mol. The van der Waals surface area contributed by atoms with Crippen LogP contribution < -0.4 is 8.92 Å². The Morgan fingerprint density at radius 2 is 1.56 bits per heavy atom. The van der Waals surface area contributed by atoms with E-state index in [0.29, 0.717) is 11.1 Å². The fourth-order valence-electron chi connectivity index (χ4n) is 3.00. The molecule has 2 aromatic carbocycles. The van der Waals surface area contributed by atoms with Crippen molar-refractivity contribution in [3.63, 3.8) is 0 Å². The minimum atomic E-state index is -5.10. The molecule has 1 heterocycles. The van der Waals surface area contributed by atoms with E-state index < -0.39 is 47.7 Å². The molecule has 0 bridgehead atoms. The standard InChI is InChI=1S/C20H22O11S/c21-10-16-17(23)18(24)19(25)20(30-16)29-14-7-12(8-15(9-14)31-32(26,27)28)2-1-11-3-5-13(22)6-4-11/h1-9,16-25H,10H2,(H,26,27,28)/p-1/b2-1-/t16-,17-,18+,19-,20-/m1/s1. The highest BCUT2D eigenvalue weighted by atomic mass is 32.3. The van der Waals surface area contributed by atoms with E-state index in [-0.39, 0.29) is 17.2 Å². The first kappa shape index (κ1) is 23.9. The lowest BCUT2D eigenvalue weighted by Gasteiger charge is -2.39. The molecule has 32 heavy (non-hydrogen) atoms. The number of hydrogen-bond acceptors (Lipinski definition) is 11. The second kappa shape index (κ2) is 9.83. The lowest BCUT2D eigenvalue weighted by atomic mass is 9.99. The number of ether oxygens (including phenoxy) is 2. The molecular weight excluding hydrogens is 448 g/mol. The number of phenols is 1. The third-order valence-electron chi connectivity index (χ3n) is 4.56. The van der Waals surface area contributed by atoms with Crippen LogP contribution in [0.1, 0.15) is 11.1 Å². The molecule has 1 fully saturated rings. The van der Waals surface area contributed by atoms with Crippen molar-refractivity contribution in [2.24, 2.45) is 0 Å². The zero-order valence-electron chi connectivity index (χ0n) is 16.4. The molecule has 0 radical (unpaired) electrons. The van der Waals surface area contributed by atoms with Gasteiger partial charge in [0.15, 0.2) is 0 Å². The van der Waals surface area contributed by atoms with Crippen LogP contribution in [0.3, 0.4) is 0 Å². The van der Waals surface area contributed by atoms with Gasteiger partial charge >= 0.3 is 0 Å². The summed E-state index contributed by atoms with van der Waals surface area (Å²) in [5.41, 5.74) is 1.03. The molecule has 12 heteroatoms. The highest BCUT2D eigenvalue weighted by Crippen LogP contribution is 2.29. The third-order valence-corrected chi connectivity index (χ3v) is 4.96. The Kier molecular flexibility index (Phi) is 7.36. The Bertz CT molecular complexity index is 1050. The Morgan fingerprint density at radius 3 is 2.19 bits per heavy atom. The van der Waals surface area contributed by atoms with Crippen LogP contribution in [0.25, 0.3) is 12.2 Å². The maximum absolute atomic E-state index is 11.0. The van der Waals surface area contributed by atoms with Crippen LogP contribution >= 0.6 is 0 Å². The Balaban J connectivity index is 1.89. The Morgan fingerprint density at radius 1 is 0.938 bits per heavy atom. The van der Waals surface area contributed by atoms with Gasteiger partial charge in [0.05, 0.1) is 6.61 Å². The minimum Gasteiger partial charge on any atom is -0.716 e. The van der Waals surface area contributed by atoms with Gasteiger partial charge in [0.25, 0.3) is 10.4 Å². The minimum absolute atomic E-state index is 0.0772. The summed E-state index contributed by atoms with van der Waals surface area (Å²) in [5, 5.41) is 48.5. The molecule has 5 atom stereocenters. The van der Waals surface area contributed by atoms with E-state index in [4.69, 9.17) is 9.47 Å². The van der Waals surface area contributed by atoms with Gasteiger partial charge in [-0.15, -0.1) is 0 Å². The van der Waals surface area contributed by atoms with E-state index in [9.17, 15) is 38.5 Å². The number of aromatic hydroxyl groups is 1. The van der Waals surface area contributed by atoms with Crippen LogP contribution in [0.5, 0.6) is 17.2 Å². The van der Waals surface area contributed by atoms with Crippen LogP contribution in [0.2, 0.25) is 0 Å². The van der Waals surface area contributed by atoms with Crippen LogP contribution in [-0.4, -0.2) is 75.8 Å². The zero-order chi connectivity index (χ0) is 23.5. The molecule has 0 amide bonds. The molecule has 1 aliphatic rings. The molecule has 0 spiro atoms. The maximum atomic E-state index is 11.0. The molecule has 174 valence electrons. The van der Waals surface area contributed by atoms with Gasteiger partial charge in [-0.25, -0.2) is 8.42 Å². The van der Waals surface area contributed by atoms with Crippen LogP contribution in [0.15, 0.2) is 42.5 Å². The molecule has 5 N–H and O–H groups in total. The summed E-state index contributed by atoms with van der Waals surface area (Å²) in [7, 11) is -5.10. The van der Waals surface area contributed by atoms with E-state index in [0.717, 1.165) is 6.07 Å². The average Bonchev–Trinajstić information content (AvgIpc) is 2.72. The number of benzene rings is 2. The molecular formula is C20H21O11S-. The lowest BCUT2D eigenvalue weighted by Crippen LogP contribution is -2.60. The summed E-state index contributed by atoms with van der Waals surface area (Å²) in [4.78, 5) is 0. The summed E-state index contributed by atoms with van der Waals surface area (Å²) in [5.74, 6) is -0.401. The summed E-state index contributed by atoms with van der Waals surface area (Å²) in [6.07, 6.45) is -4.54. The van der Waals surface area contributed by atoms with E-state index in [1.807, 2.05) is 0 Å². The number of aliphatic hydroxyl groups excluding tert-OH is 4. The quantitative estimate of drug-likeness (QED) is 0.201. The van der Waals surface area contributed by atoms with Gasteiger partial charge in [-0.2, -0.15) is 0 Å². The number of hydrogen-bond donors (Lipinski definition) is 5. The fraction of sp³-hybridized carbons (Fsp3) is 0.300. The summed E-state index contributed by atoms with van der Waals surface area (Å²) < 4.78 is 48.2. The van der Waals surface area contributed by atoms with Gasteiger partial charge in [-0.3, -0.25) is 0 Å². The number of aliphatic hydroxyl groups is 4. The predicted molar refractivity (Wildman–Crippen MR) is 108 cm³/mol. The van der Waals surface area contributed by atoms with E-state index in [2.05, 4.69) is 4.18 Å². The van der Waals surface area contributed by atoms with Crippen molar-refractivity contribution >= 4 is 22.6 Å². The highest BCUT2D eigenvalue weighted by molar-refractivity contribution is 7.81. The van der Waals surface area contributed by atoms with Gasteiger partial charge < -0.3 is 43.7 Å². The van der Waals surface area contributed by atoms with Crippen molar-refractivity contribution < 1.29 is 52.2 Å². The maximum Gasteiger partial charge on any atom is 0.262 e. The van der Waals surface area contributed by atoms with Crippen molar-refractivity contribution in [3.05, 3.63) is 53.6 Å². The molecule has 0 aliphatic carbocycles. The number of rotatable bonds is 7. The first-order chi connectivity index (χ1) is 15.1. The van der Waals surface area contributed by atoms with Gasteiger partial charge in [0.2, 0.25) is 6.29 Å². The predicted octanol–water partition coefficient (Wildman–Crippen LogP) is -0.420. The smallest absolute Gasteiger partial charge is 0.262 e. The first-order valence-corrected chi connectivity index (χ1v) is 10.6.